The van der Waals surface area contributed by atoms with Gasteiger partial charge in [-0.2, -0.15) is 17.0 Å². The molecule has 1 N–H and O–H groups in total. The summed E-state index contributed by atoms with van der Waals surface area (Å²) in [5, 5.41) is 12.4. The number of nitrogens with zero attached hydrogens (tertiary/aromatic N) is 1. The van der Waals surface area contributed by atoms with Gasteiger partial charge in [-0.3, -0.25) is 0 Å². The minimum Gasteiger partial charge on any atom is -0.315 e. The van der Waals surface area contributed by atoms with E-state index in [2.05, 4.69) is 31.5 Å². The molecule has 3 heteroatoms. The Bertz CT molecular complexity index is 218. The first kappa shape index (κ1) is 15.8. The molecule has 0 rings (SSSR count). The molecule has 0 bridgehead atoms. The second-order valence-electron chi connectivity index (χ2n) is 5.02. The van der Waals surface area contributed by atoms with Gasteiger partial charge in [0.1, 0.15) is 0 Å². The van der Waals surface area contributed by atoms with Crippen molar-refractivity contribution in [3.63, 3.8) is 0 Å². The van der Waals surface area contributed by atoms with Crippen LogP contribution in [0.25, 0.3) is 0 Å². The molecule has 0 atom stereocenters. The zero-order valence-corrected chi connectivity index (χ0v) is 12.2. The summed E-state index contributed by atoms with van der Waals surface area (Å²) in [6.45, 7) is 10.5. The normalized spacial score (nSPS) is 12.5. The van der Waals surface area contributed by atoms with Crippen LogP contribution in [0.2, 0.25) is 0 Å². The van der Waals surface area contributed by atoms with Crippen LogP contribution >= 0.6 is 11.8 Å². The molecule has 0 aliphatic heterocycles. The van der Waals surface area contributed by atoms with Crippen LogP contribution in [0.5, 0.6) is 0 Å². The fourth-order valence-corrected chi connectivity index (χ4v) is 2.46. The summed E-state index contributed by atoms with van der Waals surface area (Å²) in [4.78, 5) is 0. The highest BCUT2D eigenvalue weighted by Gasteiger charge is 2.24. The van der Waals surface area contributed by atoms with Crippen molar-refractivity contribution in [1.29, 1.82) is 5.26 Å². The molecule has 2 nitrogen and oxygen atoms in total. The van der Waals surface area contributed by atoms with Crippen molar-refractivity contribution in [2.45, 2.75) is 51.7 Å². The topological polar surface area (TPSA) is 35.8 Å². The average molecular weight is 242 g/mol. The molecule has 0 aliphatic rings. The summed E-state index contributed by atoms with van der Waals surface area (Å²) >= 11 is 1.95. The number of hydrogen-bond acceptors (Lipinski definition) is 3. The maximum absolute atomic E-state index is 8.91. The second-order valence-corrected chi connectivity index (χ2v) is 6.29. The number of nitrogens with one attached hydrogen (secondary N) is 1. The van der Waals surface area contributed by atoms with Crippen molar-refractivity contribution in [1.82, 2.24) is 5.32 Å². The molecule has 0 amide bonds. The first-order chi connectivity index (χ1) is 7.45. The van der Waals surface area contributed by atoms with Gasteiger partial charge < -0.3 is 5.32 Å². The molecule has 0 aromatic heterocycles. The molecule has 0 spiro atoms. The van der Waals surface area contributed by atoms with Gasteiger partial charge in [0.05, 0.1) is 11.5 Å². The van der Waals surface area contributed by atoms with Gasteiger partial charge in [-0.15, -0.1) is 0 Å². The summed E-state index contributed by atoms with van der Waals surface area (Å²) in [5.41, 5.74) is -0.201. The lowest BCUT2D eigenvalue weighted by Gasteiger charge is -2.30. The van der Waals surface area contributed by atoms with Crippen LogP contribution in [0.3, 0.4) is 0 Å². The third kappa shape index (κ3) is 5.23. The smallest absolute Gasteiger partial charge is 0.0684 e. The SMILES string of the molecule is CCC(CC)(CNCCC(C)(C)C#N)SC. The standard InChI is InChI=1S/C13H26N2S/c1-6-13(7-2,16-5)11-15-9-8-12(3,4)10-14/h15H,6-9,11H2,1-5H3. The number of nitriles is 1. The van der Waals surface area contributed by atoms with E-state index in [0.717, 1.165) is 19.5 Å². The highest BCUT2D eigenvalue weighted by atomic mass is 32.2. The Kier molecular flexibility index (Phi) is 7.10. The fraction of sp³-hybridized carbons (Fsp3) is 0.923. The summed E-state index contributed by atoms with van der Waals surface area (Å²) in [6.07, 6.45) is 5.49. The van der Waals surface area contributed by atoms with Crippen molar-refractivity contribution < 1.29 is 0 Å². The number of thioether (sulfide) groups is 1. The fourth-order valence-electron chi connectivity index (χ4n) is 1.63. The summed E-state index contributed by atoms with van der Waals surface area (Å²) in [6, 6.07) is 2.34. The van der Waals surface area contributed by atoms with Crippen LogP contribution in [0.1, 0.15) is 47.0 Å². The Labute approximate surface area is 105 Å². The Morgan fingerprint density at radius 3 is 2.19 bits per heavy atom. The van der Waals surface area contributed by atoms with Crippen LogP contribution < -0.4 is 5.32 Å². The maximum atomic E-state index is 8.91. The molecule has 0 saturated heterocycles. The first-order valence-electron chi connectivity index (χ1n) is 6.12. The molecule has 0 heterocycles. The van der Waals surface area contributed by atoms with E-state index >= 15 is 0 Å². The van der Waals surface area contributed by atoms with E-state index in [9.17, 15) is 0 Å². The third-order valence-corrected chi connectivity index (χ3v) is 4.99. The van der Waals surface area contributed by atoms with E-state index in [4.69, 9.17) is 5.26 Å². The third-order valence-electron chi connectivity index (χ3n) is 3.40. The van der Waals surface area contributed by atoms with Crippen molar-refractivity contribution >= 4 is 11.8 Å². The Morgan fingerprint density at radius 2 is 1.81 bits per heavy atom. The van der Waals surface area contributed by atoms with Gasteiger partial charge in [-0.05, 0) is 45.9 Å². The van der Waals surface area contributed by atoms with Crippen molar-refractivity contribution in [2.75, 3.05) is 19.3 Å². The van der Waals surface area contributed by atoms with E-state index < -0.39 is 0 Å². The first-order valence-corrected chi connectivity index (χ1v) is 7.35. The number of rotatable bonds is 8. The van der Waals surface area contributed by atoms with Gasteiger partial charge in [-0.25, -0.2) is 0 Å². The van der Waals surface area contributed by atoms with Gasteiger partial charge >= 0.3 is 0 Å². The van der Waals surface area contributed by atoms with E-state index in [1.807, 2.05) is 25.6 Å². The average Bonchev–Trinajstić information content (AvgIpc) is 2.30. The highest BCUT2D eigenvalue weighted by Crippen LogP contribution is 2.29. The van der Waals surface area contributed by atoms with Crippen LogP contribution in [-0.2, 0) is 0 Å². The van der Waals surface area contributed by atoms with Gasteiger partial charge in [0.25, 0.3) is 0 Å². The van der Waals surface area contributed by atoms with Crippen molar-refractivity contribution in [2.24, 2.45) is 5.41 Å². The van der Waals surface area contributed by atoms with Crippen molar-refractivity contribution in [3.8, 4) is 6.07 Å². The molecule has 16 heavy (non-hydrogen) atoms. The predicted molar refractivity (Wildman–Crippen MR) is 73.7 cm³/mol. The molecule has 0 saturated carbocycles. The molecule has 0 radical (unpaired) electrons. The largest absolute Gasteiger partial charge is 0.315 e. The van der Waals surface area contributed by atoms with Gasteiger partial charge in [0, 0.05) is 11.3 Å². The molecular weight excluding hydrogens is 216 g/mol. The minimum atomic E-state index is -0.201. The lowest BCUT2D eigenvalue weighted by Crippen LogP contribution is -2.37. The lowest BCUT2D eigenvalue weighted by molar-refractivity contribution is 0.414. The monoisotopic (exact) mass is 242 g/mol. The lowest BCUT2D eigenvalue weighted by atomic mass is 9.91. The Hall–Kier alpha value is -0.200. The quantitative estimate of drug-likeness (QED) is 0.662. The van der Waals surface area contributed by atoms with Crippen LogP contribution in [-0.4, -0.2) is 24.1 Å². The van der Waals surface area contributed by atoms with Crippen molar-refractivity contribution in [3.05, 3.63) is 0 Å². The van der Waals surface area contributed by atoms with Crippen LogP contribution in [0, 0.1) is 16.7 Å². The molecular formula is C13H26N2S. The predicted octanol–water partition coefficient (Wildman–Crippen LogP) is 3.44. The van der Waals surface area contributed by atoms with Gasteiger partial charge in [0.2, 0.25) is 0 Å². The molecule has 94 valence electrons. The van der Waals surface area contributed by atoms with E-state index in [0.29, 0.717) is 4.75 Å². The number of hydrogen-bond donors (Lipinski definition) is 1. The zero-order valence-electron chi connectivity index (χ0n) is 11.4. The molecule has 0 aromatic rings. The Balaban J connectivity index is 3.94. The van der Waals surface area contributed by atoms with Crippen LogP contribution in [0.4, 0.5) is 0 Å². The minimum absolute atomic E-state index is 0.201. The van der Waals surface area contributed by atoms with Gasteiger partial charge in [-0.1, -0.05) is 13.8 Å². The molecule has 0 aromatic carbocycles. The summed E-state index contributed by atoms with van der Waals surface area (Å²) in [7, 11) is 0. The van der Waals surface area contributed by atoms with E-state index in [1.54, 1.807) is 0 Å². The Morgan fingerprint density at radius 1 is 1.25 bits per heavy atom. The second kappa shape index (κ2) is 7.19. The summed E-state index contributed by atoms with van der Waals surface area (Å²) in [5.74, 6) is 0. The molecule has 0 unspecified atom stereocenters. The highest BCUT2D eigenvalue weighted by molar-refractivity contribution is 8.00. The van der Waals surface area contributed by atoms with Gasteiger partial charge in [0.15, 0.2) is 0 Å². The molecule has 0 fully saturated rings. The zero-order chi connectivity index (χ0) is 12.7. The van der Waals surface area contributed by atoms with E-state index in [1.165, 1.54) is 12.8 Å². The van der Waals surface area contributed by atoms with E-state index in [-0.39, 0.29) is 5.41 Å². The van der Waals surface area contributed by atoms with Crippen LogP contribution in [0.15, 0.2) is 0 Å². The maximum Gasteiger partial charge on any atom is 0.0684 e. The summed E-state index contributed by atoms with van der Waals surface area (Å²) < 4.78 is 0.372. The molecule has 0 aliphatic carbocycles.